The van der Waals surface area contributed by atoms with Crippen molar-refractivity contribution in [2.24, 2.45) is 0 Å². The second-order valence-electron chi connectivity index (χ2n) is 4.83. The van der Waals surface area contributed by atoms with Crippen LogP contribution in [0.1, 0.15) is 39.5 Å². The van der Waals surface area contributed by atoms with Gasteiger partial charge in [0.1, 0.15) is 5.54 Å². The fourth-order valence-corrected chi connectivity index (χ4v) is 3.40. The molecule has 94 valence electrons. The minimum absolute atomic E-state index is 0.0973. The first-order valence-corrected chi connectivity index (χ1v) is 7.22. The average Bonchev–Trinajstić information content (AvgIpc) is 2.27. The Hall–Kier alpha value is -0.220. The van der Waals surface area contributed by atoms with Gasteiger partial charge in [-0.2, -0.15) is 11.8 Å². The quantitative estimate of drug-likeness (QED) is 0.771. The second-order valence-corrected chi connectivity index (χ2v) is 5.96. The largest absolute Gasteiger partial charge is 0.468 e. The predicted molar refractivity (Wildman–Crippen MR) is 68.8 cm³/mol. The van der Waals surface area contributed by atoms with E-state index < -0.39 is 5.54 Å². The zero-order chi connectivity index (χ0) is 12.2. The second kappa shape index (κ2) is 5.92. The fraction of sp³-hybridized carbons (Fsp3) is 0.917. The molecule has 0 radical (unpaired) electrons. The molecule has 3 nitrogen and oxygen atoms in total. The summed E-state index contributed by atoms with van der Waals surface area (Å²) in [5.74, 6) is -0.0973. The first-order valence-electron chi connectivity index (χ1n) is 5.93. The van der Waals surface area contributed by atoms with Gasteiger partial charge in [-0.05, 0) is 45.8 Å². The maximum Gasteiger partial charge on any atom is 0.326 e. The Morgan fingerprint density at radius 2 is 2.25 bits per heavy atom. The molecule has 4 heteroatoms. The maximum absolute atomic E-state index is 12.0. The number of carbonyl (C=O) groups is 1. The van der Waals surface area contributed by atoms with E-state index in [1.54, 1.807) is 0 Å². The molecule has 1 aliphatic rings. The lowest BCUT2D eigenvalue weighted by Crippen LogP contribution is -2.58. The van der Waals surface area contributed by atoms with Crippen molar-refractivity contribution in [2.45, 2.75) is 56.4 Å². The number of thioether (sulfide) groups is 1. The number of methoxy groups -OCH3 is 1. The van der Waals surface area contributed by atoms with Gasteiger partial charge in [0.05, 0.1) is 7.11 Å². The summed E-state index contributed by atoms with van der Waals surface area (Å²) in [7, 11) is 1.48. The van der Waals surface area contributed by atoms with E-state index in [4.69, 9.17) is 4.74 Å². The van der Waals surface area contributed by atoms with Gasteiger partial charge in [0, 0.05) is 11.3 Å². The van der Waals surface area contributed by atoms with Gasteiger partial charge < -0.3 is 4.74 Å². The van der Waals surface area contributed by atoms with Crippen LogP contribution in [0.2, 0.25) is 0 Å². The molecule has 1 rings (SSSR count). The molecule has 0 bridgehead atoms. The van der Waals surface area contributed by atoms with Crippen LogP contribution in [0.4, 0.5) is 0 Å². The summed E-state index contributed by atoms with van der Waals surface area (Å²) < 4.78 is 4.98. The van der Waals surface area contributed by atoms with Gasteiger partial charge in [0.15, 0.2) is 0 Å². The van der Waals surface area contributed by atoms with Gasteiger partial charge in [-0.3, -0.25) is 10.1 Å². The molecular formula is C12H23NO2S. The highest BCUT2D eigenvalue weighted by Crippen LogP contribution is 2.35. The first kappa shape index (κ1) is 13.8. The van der Waals surface area contributed by atoms with Crippen molar-refractivity contribution in [2.75, 3.05) is 13.4 Å². The summed E-state index contributed by atoms with van der Waals surface area (Å²) in [6.07, 6.45) is 6.21. The summed E-state index contributed by atoms with van der Waals surface area (Å²) >= 11 is 1.86. The molecule has 1 fully saturated rings. The zero-order valence-electron chi connectivity index (χ0n) is 10.7. The summed E-state index contributed by atoms with van der Waals surface area (Å²) in [6.45, 7) is 4.15. The lowest BCUT2D eigenvalue weighted by Gasteiger charge is -2.40. The van der Waals surface area contributed by atoms with Crippen molar-refractivity contribution >= 4 is 17.7 Å². The number of nitrogens with one attached hydrogen (secondary N) is 1. The Kier molecular flexibility index (Phi) is 5.12. The zero-order valence-corrected chi connectivity index (χ0v) is 11.5. The smallest absolute Gasteiger partial charge is 0.326 e. The van der Waals surface area contributed by atoms with Crippen molar-refractivity contribution in [3.05, 3.63) is 0 Å². The van der Waals surface area contributed by atoms with Gasteiger partial charge >= 0.3 is 5.97 Å². The van der Waals surface area contributed by atoms with E-state index in [1.807, 2.05) is 11.8 Å². The van der Waals surface area contributed by atoms with E-state index in [-0.39, 0.29) is 5.97 Å². The van der Waals surface area contributed by atoms with Gasteiger partial charge in [-0.1, -0.05) is 0 Å². The Morgan fingerprint density at radius 3 is 2.75 bits per heavy atom. The van der Waals surface area contributed by atoms with Crippen molar-refractivity contribution in [3.63, 3.8) is 0 Å². The van der Waals surface area contributed by atoms with E-state index in [0.717, 1.165) is 19.3 Å². The number of ether oxygens (including phenoxy) is 1. The van der Waals surface area contributed by atoms with Crippen LogP contribution in [0.25, 0.3) is 0 Å². The van der Waals surface area contributed by atoms with Crippen LogP contribution >= 0.6 is 11.8 Å². The molecule has 0 aromatic heterocycles. The van der Waals surface area contributed by atoms with Gasteiger partial charge in [-0.15, -0.1) is 0 Å². The lowest BCUT2D eigenvalue weighted by atomic mass is 9.81. The van der Waals surface area contributed by atoms with Crippen LogP contribution in [0, 0.1) is 0 Å². The number of hydrogen-bond acceptors (Lipinski definition) is 4. The van der Waals surface area contributed by atoms with Gasteiger partial charge in [0.25, 0.3) is 0 Å². The van der Waals surface area contributed by atoms with Crippen LogP contribution in [-0.2, 0) is 9.53 Å². The molecule has 0 aromatic carbocycles. The summed E-state index contributed by atoms with van der Waals surface area (Å²) in [4.78, 5) is 12.0. The third kappa shape index (κ3) is 3.14. The Balaban J connectivity index is 2.80. The van der Waals surface area contributed by atoms with Gasteiger partial charge in [-0.25, -0.2) is 0 Å². The van der Waals surface area contributed by atoms with Crippen molar-refractivity contribution in [1.29, 1.82) is 0 Å². The van der Waals surface area contributed by atoms with Crippen LogP contribution in [0.3, 0.4) is 0 Å². The molecule has 0 spiro atoms. The van der Waals surface area contributed by atoms with E-state index in [0.29, 0.717) is 11.3 Å². The molecule has 0 amide bonds. The highest BCUT2D eigenvalue weighted by Gasteiger charge is 2.43. The summed E-state index contributed by atoms with van der Waals surface area (Å²) in [6, 6.07) is 0.305. The maximum atomic E-state index is 12.0. The molecule has 2 unspecified atom stereocenters. The van der Waals surface area contributed by atoms with Crippen LogP contribution in [0.5, 0.6) is 0 Å². The van der Waals surface area contributed by atoms with Crippen LogP contribution < -0.4 is 5.32 Å². The highest BCUT2D eigenvalue weighted by atomic mass is 32.2. The number of hydrogen-bond donors (Lipinski definition) is 1. The molecule has 0 aliphatic heterocycles. The standard InChI is InChI=1S/C12H23NO2S/c1-9(2)13-12(11(14)15-3)7-5-6-10(8-12)16-4/h9-10,13H,5-8H2,1-4H3. The lowest BCUT2D eigenvalue weighted by molar-refractivity contribution is -0.150. The van der Waals surface area contributed by atoms with Crippen LogP contribution in [-0.4, -0.2) is 36.2 Å². The van der Waals surface area contributed by atoms with E-state index >= 15 is 0 Å². The molecule has 16 heavy (non-hydrogen) atoms. The van der Waals surface area contributed by atoms with E-state index in [1.165, 1.54) is 13.5 Å². The van der Waals surface area contributed by atoms with Crippen molar-refractivity contribution < 1.29 is 9.53 Å². The molecule has 1 N–H and O–H groups in total. The summed E-state index contributed by atoms with van der Waals surface area (Å²) in [5.41, 5.74) is -0.450. The monoisotopic (exact) mass is 245 g/mol. The van der Waals surface area contributed by atoms with Crippen molar-refractivity contribution in [1.82, 2.24) is 5.32 Å². The van der Waals surface area contributed by atoms with Crippen LogP contribution in [0.15, 0.2) is 0 Å². The number of rotatable bonds is 4. The van der Waals surface area contributed by atoms with E-state index in [2.05, 4.69) is 25.4 Å². The molecule has 1 aliphatic carbocycles. The molecular weight excluding hydrogens is 222 g/mol. The SMILES string of the molecule is COC(=O)C1(NC(C)C)CCCC(SC)C1. The highest BCUT2D eigenvalue weighted by molar-refractivity contribution is 7.99. The van der Waals surface area contributed by atoms with Gasteiger partial charge in [0.2, 0.25) is 0 Å². The minimum atomic E-state index is -0.450. The molecule has 1 saturated carbocycles. The van der Waals surface area contributed by atoms with E-state index in [9.17, 15) is 4.79 Å². The molecule has 0 heterocycles. The third-order valence-electron chi connectivity index (χ3n) is 3.18. The van der Waals surface area contributed by atoms with Crippen molar-refractivity contribution in [3.8, 4) is 0 Å². The fourth-order valence-electron chi connectivity index (χ4n) is 2.55. The molecule has 0 aromatic rings. The Bertz CT molecular complexity index is 245. The summed E-state index contributed by atoms with van der Waals surface area (Å²) in [5, 5.41) is 3.99. The Labute approximate surface area is 103 Å². The predicted octanol–water partition coefficient (Wildman–Crippen LogP) is 2.20. The Morgan fingerprint density at radius 1 is 1.56 bits per heavy atom. The normalized spacial score (nSPS) is 30.4. The minimum Gasteiger partial charge on any atom is -0.468 e. The molecule has 2 atom stereocenters. The third-order valence-corrected chi connectivity index (χ3v) is 4.25. The number of carbonyl (C=O) groups excluding carboxylic acids is 1. The number of esters is 1. The average molecular weight is 245 g/mol. The molecule has 0 saturated heterocycles. The topological polar surface area (TPSA) is 38.3 Å². The first-order chi connectivity index (χ1) is 7.54.